The van der Waals surface area contributed by atoms with Crippen LogP contribution in [0.3, 0.4) is 0 Å². The second kappa shape index (κ2) is 6.44. The number of pyridine rings is 1. The Balaban J connectivity index is 2.34. The lowest BCUT2D eigenvalue weighted by Gasteiger charge is -2.13. The van der Waals surface area contributed by atoms with E-state index in [1.807, 2.05) is 26.0 Å². The summed E-state index contributed by atoms with van der Waals surface area (Å²) in [5.41, 5.74) is 1.05. The van der Waals surface area contributed by atoms with E-state index in [9.17, 15) is 17.6 Å². The van der Waals surface area contributed by atoms with Crippen LogP contribution in [0.4, 0.5) is 4.39 Å². The fourth-order valence-corrected chi connectivity index (χ4v) is 4.21. The predicted molar refractivity (Wildman–Crippen MR) is 95.1 cm³/mol. The Labute approximate surface area is 145 Å². The minimum absolute atomic E-state index is 0.0962. The van der Waals surface area contributed by atoms with Crippen molar-refractivity contribution in [3.05, 3.63) is 70.3 Å². The quantitative estimate of drug-likeness (QED) is 0.668. The monoisotopic (exact) mass is 359 g/mol. The number of halogens is 1. The Bertz CT molecular complexity index is 1100. The van der Waals surface area contributed by atoms with E-state index in [2.05, 4.69) is 0 Å². The highest BCUT2D eigenvalue weighted by molar-refractivity contribution is 7.91. The summed E-state index contributed by atoms with van der Waals surface area (Å²) in [6.07, 6.45) is 2.18. The van der Waals surface area contributed by atoms with Crippen molar-refractivity contribution in [3.8, 4) is 0 Å². The van der Waals surface area contributed by atoms with Crippen molar-refractivity contribution in [2.75, 3.05) is 0 Å². The number of hydrogen-bond donors (Lipinski definition) is 0. The number of rotatable bonds is 4. The summed E-state index contributed by atoms with van der Waals surface area (Å²) in [6.45, 7) is 4.42. The van der Waals surface area contributed by atoms with E-state index < -0.39 is 21.1 Å². The van der Waals surface area contributed by atoms with E-state index in [-0.39, 0.29) is 9.79 Å². The van der Waals surface area contributed by atoms with Crippen LogP contribution in [0.25, 0.3) is 10.9 Å². The summed E-state index contributed by atoms with van der Waals surface area (Å²) < 4.78 is 40.7. The van der Waals surface area contributed by atoms with Crippen molar-refractivity contribution in [1.29, 1.82) is 0 Å². The molecule has 130 valence electrons. The minimum atomic E-state index is -4.03. The van der Waals surface area contributed by atoms with E-state index >= 15 is 0 Å². The molecule has 0 aliphatic rings. The molecule has 0 amide bonds. The topological polar surface area (TPSA) is 56.1 Å². The van der Waals surface area contributed by atoms with Gasteiger partial charge in [0.2, 0.25) is 15.3 Å². The molecule has 0 aliphatic carbocycles. The SMILES string of the molecule is CCCn1cc(S(=O)(=O)c2ccc(F)cc2)c(=O)c2cc(C)ccc21. The third-order valence-corrected chi connectivity index (χ3v) is 5.84. The average molecular weight is 359 g/mol. The summed E-state index contributed by atoms with van der Waals surface area (Å²) in [5, 5.41) is 0.372. The number of hydrogen-bond acceptors (Lipinski definition) is 3. The van der Waals surface area contributed by atoms with Crippen molar-refractivity contribution in [1.82, 2.24) is 4.57 Å². The van der Waals surface area contributed by atoms with Gasteiger partial charge in [-0.25, -0.2) is 12.8 Å². The Morgan fingerprint density at radius 2 is 1.76 bits per heavy atom. The molecule has 0 saturated heterocycles. The lowest BCUT2D eigenvalue weighted by molar-refractivity contribution is 0.591. The van der Waals surface area contributed by atoms with Crippen LogP contribution in [0.1, 0.15) is 18.9 Å². The number of benzene rings is 2. The van der Waals surface area contributed by atoms with E-state index in [1.54, 1.807) is 10.6 Å². The molecule has 4 nitrogen and oxygen atoms in total. The standard InChI is InChI=1S/C19H18FNO3S/c1-3-10-21-12-18(19(22)16-11-13(2)4-9-17(16)21)25(23,24)15-7-5-14(20)6-8-15/h4-9,11-12H,3,10H2,1-2H3. The maximum atomic E-state index is 13.1. The molecule has 0 atom stereocenters. The molecule has 3 aromatic rings. The van der Waals surface area contributed by atoms with Crippen molar-refractivity contribution in [3.63, 3.8) is 0 Å². The van der Waals surface area contributed by atoms with Gasteiger partial charge in [-0.1, -0.05) is 18.6 Å². The van der Waals surface area contributed by atoms with Crippen LogP contribution >= 0.6 is 0 Å². The lowest BCUT2D eigenvalue weighted by atomic mass is 10.1. The summed E-state index contributed by atoms with van der Waals surface area (Å²) in [7, 11) is -4.03. The molecular weight excluding hydrogens is 341 g/mol. The van der Waals surface area contributed by atoms with E-state index in [0.29, 0.717) is 17.4 Å². The Hall–Kier alpha value is -2.47. The maximum Gasteiger partial charge on any atom is 0.211 e. The van der Waals surface area contributed by atoms with Crippen molar-refractivity contribution in [2.45, 2.75) is 36.6 Å². The van der Waals surface area contributed by atoms with Gasteiger partial charge < -0.3 is 4.57 Å². The lowest BCUT2D eigenvalue weighted by Crippen LogP contribution is -2.19. The third-order valence-electron chi connectivity index (χ3n) is 4.08. The Kier molecular flexibility index (Phi) is 4.47. The van der Waals surface area contributed by atoms with E-state index in [4.69, 9.17) is 0 Å². The minimum Gasteiger partial charge on any atom is -0.346 e. The molecule has 1 aromatic heterocycles. The zero-order valence-electron chi connectivity index (χ0n) is 14.0. The second-order valence-electron chi connectivity index (χ2n) is 5.99. The first-order chi connectivity index (χ1) is 11.8. The highest BCUT2D eigenvalue weighted by Gasteiger charge is 2.23. The number of fused-ring (bicyclic) bond motifs is 1. The van der Waals surface area contributed by atoms with Crippen molar-refractivity contribution >= 4 is 20.7 Å². The summed E-state index contributed by atoms with van der Waals surface area (Å²) >= 11 is 0. The Morgan fingerprint density at radius 3 is 2.40 bits per heavy atom. The molecule has 0 fully saturated rings. The number of nitrogens with zero attached hydrogens (tertiary/aromatic N) is 1. The summed E-state index contributed by atoms with van der Waals surface area (Å²) in [4.78, 5) is 12.5. The van der Waals surface area contributed by atoms with Gasteiger partial charge in [0.05, 0.1) is 10.4 Å². The van der Waals surface area contributed by atoms with E-state index in [1.165, 1.54) is 18.3 Å². The molecule has 0 aliphatic heterocycles. The fraction of sp³-hybridized carbons (Fsp3) is 0.211. The zero-order valence-corrected chi connectivity index (χ0v) is 14.8. The van der Waals surface area contributed by atoms with Gasteiger partial charge in [-0.3, -0.25) is 4.79 Å². The molecule has 0 radical (unpaired) electrons. The molecule has 25 heavy (non-hydrogen) atoms. The van der Waals surface area contributed by atoms with Crippen molar-refractivity contribution in [2.24, 2.45) is 0 Å². The van der Waals surface area contributed by atoms with Gasteiger partial charge in [0.25, 0.3) is 0 Å². The van der Waals surface area contributed by atoms with Crippen LogP contribution in [-0.2, 0) is 16.4 Å². The van der Waals surface area contributed by atoms with Crippen LogP contribution < -0.4 is 5.43 Å². The number of sulfone groups is 1. The summed E-state index contributed by atoms with van der Waals surface area (Å²) in [6, 6.07) is 9.92. The summed E-state index contributed by atoms with van der Waals surface area (Å²) in [5.74, 6) is -0.531. The average Bonchev–Trinajstić information content (AvgIpc) is 2.58. The normalized spacial score (nSPS) is 11.8. The highest BCUT2D eigenvalue weighted by atomic mass is 32.2. The molecular formula is C19H18FNO3S. The van der Waals surface area contributed by atoms with Crippen LogP contribution in [0.15, 0.2) is 63.2 Å². The smallest absolute Gasteiger partial charge is 0.211 e. The molecule has 0 spiro atoms. The van der Waals surface area contributed by atoms with Crippen LogP contribution in [0.2, 0.25) is 0 Å². The van der Waals surface area contributed by atoms with Crippen LogP contribution in [0.5, 0.6) is 0 Å². The van der Waals surface area contributed by atoms with Gasteiger partial charge in [-0.2, -0.15) is 0 Å². The second-order valence-corrected chi connectivity index (χ2v) is 7.91. The molecule has 1 heterocycles. The van der Waals surface area contributed by atoms with Gasteiger partial charge in [-0.15, -0.1) is 0 Å². The molecule has 0 bridgehead atoms. The maximum absolute atomic E-state index is 13.1. The predicted octanol–water partition coefficient (Wildman–Crippen LogP) is 3.69. The molecule has 0 saturated carbocycles. The largest absolute Gasteiger partial charge is 0.346 e. The molecule has 0 unspecified atom stereocenters. The first-order valence-electron chi connectivity index (χ1n) is 7.99. The van der Waals surface area contributed by atoms with Crippen LogP contribution in [-0.4, -0.2) is 13.0 Å². The van der Waals surface area contributed by atoms with Crippen LogP contribution in [0, 0.1) is 12.7 Å². The molecule has 2 aromatic carbocycles. The number of aryl methyl sites for hydroxylation is 2. The van der Waals surface area contributed by atoms with Gasteiger partial charge in [0, 0.05) is 18.1 Å². The van der Waals surface area contributed by atoms with Gasteiger partial charge in [0.15, 0.2) is 0 Å². The fourth-order valence-electron chi connectivity index (χ4n) is 2.84. The third kappa shape index (κ3) is 3.09. The van der Waals surface area contributed by atoms with Gasteiger partial charge >= 0.3 is 0 Å². The van der Waals surface area contributed by atoms with Gasteiger partial charge in [-0.05, 0) is 49.7 Å². The van der Waals surface area contributed by atoms with Gasteiger partial charge in [0.1, 0.15) is 10.7 Å². The van der Waals surface area contributed by atoms with E-state index in [0.717, 1.165) is 24.1 Å². The zero-order chi connectivity index (χ0) is 18.2. The molecule has 6 heteroatoms. The van der Waals surface area contributed by atoms with Crippen molar-refractivity contribution < 1.29 is 12.8 Å². The molecule has 0 N–H and O–H groups in total. The Morgan fingerprint density at radius 1 is 1.08 bits per heavy atom. The number of aromatic nitrogens is 1. The first kappa shape index (κ1) is 17.4. The first-order valence-corrected chi connectivity index (χ1v) is 9.47. The highest BCUT2D eigenvalue weighted by Crippen LogP contribution is 2.22. The molecule has 3 rings (SSSR count).